The number of nitrogens with zero attached hydrogens (tertiary/aromatic N) is 1. The lowest BCUT2D eigenvalue weighted by Gasteiger charge is -2.31. The molecule has 184 valence electrons. The Balaban J connectivity index is 1.35. The van der Waals surface area contributed by atoms with Crippen LogP contribution in [0.25, 0.3) is 0 Å². The summed E-state index contributed by atoms with van der Waals surface area (Å²) < 4.78 is 19.4. The van der Waals surface area contributed by atoms with Crippen LogP contribution < -0.4 is 0 Å². The van der Waals surface area contributed by atoms with Crippen LogP contribution in [-0.4, -0.2) is 53.1 Å². The molecule has 35 heavy (non-hydrogen) atoms. The van der Waals surface area contributed by atoms with Gasteiger partial charge >= 0.3 is 0 Å². The van der Waals surface area contributed by atoms with E-state index in [0.29, 0.717) is 32.8 Å². The van der Waals surface area contributed by atoms with Gasteiger partial charge in [-0.1, -0.05) is 91.0 Å². The second kappa shape index (κ2) is 11.5. The van der Waals surface area contributed by atoms with Gasteiger partial charge in [0, 0.05) is 12.1 Å². The molecule has 0 unspecified atom stereocenters. The zero-order chi connectivity index (χ0) is 24.0. The van der Waals surface area contributed by atoms with Gasteiger partial charge < -0.3 is 19.3 Å². The smallest absolute Gasteiger partial charge is 0.103 e. The van der Waals surface area contributed by atoms with Gasteiger partial charge in [-0.2, -0.15) is 0 Å². The first-order chi connectivity index (χ1) is 17.2. The average molecular weight is 474 g/mol. The SMILES string of the molecule is C[C@@H]1[C@H](O)C[C@@H]2[C@@H](OCc3ccccc3)[C@H](OCc3ccccc3)[C@@H](COCc3ccccc3)N12. The van der Waals surface area contributed by atoms with Crippen LogP contribution in [0.1, 0.15) is 30.0 Å². The maximum absolute atomic E-state index is 10.7. The third-order valence-electron chi connectivity index (χ3n) is 7.33. The van der Waals surface area contributed by atoms with Gasteiger partial charge in [-0.15, -0.1) is 0 Å². The fraction of sp³-hybridized carbons (Fsp3) is 0.400. The Kier molecular flexibility index (Phi) is 7.92. The minimum atomic E-state index is -0.380. The van der Waals surface area contributed by atoms with E-state index in [9.17, 15) is 5.11 Å². The number of rotatable bonds is 10. The van der Waals surface area contributed by atoms with Gasteiger partial charge in [0.05, 0.1) is 38.6 Å². The van der Waals surface area contributed by atoms with E-state index in [2.05, 4.69) is 48.2 Å². The Labute approximate surface area is 208 Å². The van der Waals surface area contributed by atoms with Gasteiger partial charge in [-0.05, 0) is 30.0 Å². The van der Waals surface area contributed by atoms with Crippen LogP contribution in [0.3, 0.4) is 0 Å². The highest BCUT2D eigenvalue weighted by Crippen LogP contribution is 2.41. The van der Waals surface area contributed by atoms with Crippen LogP contribution in [0.2, 0.25) is 0 Å². The topological polar surface area (TPSA) is 51.2 Å². The fourth-order valence-electron chi connectivity index (χ4n) is 5.52. The summed E-state index contributed by atoms with van der Waals surface area (Å²) in [5.41, 5.74) is 3.42. The maximum Gasteiger partial charge on any atom is 0.103 e. The van der Waals surface area contributed by atoms with Crippen molar-refractivity contribution in [2.24, 2.45) is 0 Å². The summed E-state index contributed by atoms with van der Waals surface area (Å²) >= 11 is 0. The first kappa shape index (κ1) is 24.2. The largest absolute Gasteiger partial charge is 0.391 e. The molecule has 0 aromatic heterocycles. The quantitative estimate of drug-likeness (QED) is 0.467. The molecular weight excluding hydrogens is 438 g/mol. The van der Waals surface area contributed by atoms with Crippen molar-refractivity contribution in [2.75, 3.05) is 6.61 Å². The average Bonchev–Trinajstić information content (AvgIpc) is 3.35. The van der Waals surface area contributed by atoms with Crippen LogP contribution in [0.4, 0.5) is 0 Å². The molecular formula is C30H35NO4. The van der Waals surface area contributed by atoms with Crippen LogP contribution in [0, 0.1) is 0 Å². The Morgan fingerprint density at radius 1 is 0.714 bits per heavy atom. The number of hydrogen-bond acceptors (Lipinski definition) is 5. The summed E-state index contributed by atoms with van der Waals surface area (Å²) in [5.74, 6) is 0. The molecule has 6 atom stereocenters. The Hall–Kier alpha value is -2.54. The summed E-state index contributed by atoms with van der Waals surface area (Å²) in [4.78, 5) is 2.39. The molecule has 5 nitrogen and oxygen atoms in total. The van der Waals surface area contributed by atoms with Crippen molar-refractivity contribution >= 4 is 0 Å². The van der Waals surface area contributed by atoms with Gasteiger partial charge in [-0.25, -0.2) is 0 Å². The number of ether oxygens (including phenoxy) is 3. The molecule has 2 saturated heterocycles. The highest BCUT2D eigenvalue weighted by molar-refractivity contribution is 5.17. The van der Waals surface area contributed by atoms with Crippen LogP contribution >= 0.6 is 0 Å². The summed E-state index contributed by atoms with van der Waals surface area (Å²) in [5, 5.41) is 10.7. The molecule has 2 fully saturated rings. The predicted octanol–water partition coefficient (Wildman–Crippen LogP) is 4.58. The van der Waals surface area contributed by atoms with Gasteiger partial charge in [0.1, 0.15) is 12.2 Å². The predicted molar refractivity (Wildman–Crippen MR) is 136 cm³/mol. The molecule has 0 aliphatic carbocycles. The minimum Gasteiger partial charge on any atom is -0.391 e. The number of benzene rings is 3. The Morgan fingerprint density at radius 2 is 1.20 bits per heavy atom. The molecule has 1 N–H and O–H groups in total. The third kappa shape index (κ3) is 5.66. The highest BCUT2D eigenvalue weighted by Gasteiger charge is 2.57. The first-order valence-corrected chi connectivity index (χ1v) is 12.6. The van der Waals surface area contributed by atoms with Crippen molar-refractivity contribution < 1.29 is 19.3 Å². The van der Waals surface area contributed by atoms with Crippen molar-refractivity contribution in [3.05, 3.63) is 108 Å². The number of fused-ring (bicyclic) bond motifs is 1. The maximum atomic E-state index is 10.7. The van der Waals surface area contributed by atoms with Gasteiger partial charge in [0.15, 0.2) is 0 Å². The van der Waals surface area contributed by atoms with Crippen LogP contribution in [-0.2, 0) is 34.0 Å². The van der Waals surface area contributed by atoms with Crippen molar-refractivity contribution in [3.8, 4) is 0 Å². The van der Waals surface area contributed by atoms with E-state index < -0.39 is 0 Å². The third-order valence-corrected chi connectivity index (χ3v) is 7.33. The van der Waals surface area contributed by atoms with Gasteiger partial charge in [0.25, 0.3) is 0 Å². The molecule has 5 rings (SSSR count). The lowest BCUT2D eigenvalue weighted by atomic mass is 10.0. The lowest BCUT2D eigenvalue weighted by molar-refractivity contribution is -0.0916. The molecule has 0 spiro atoms. The second-order valence-electron chi connectivity index (χ2n) is 9.65. The van der Waals surface area contributed by atoms with E-state index in [0.717, 1.165) is 16.7 Å². The molecule has 0 radical (unpaired) electrons. The highest BCUT2D eigenvalue weighted by atomic mass is 16.5. The number of hydrogen-bond donors (Lipinski definition) is 1. The standard InChI is InChI=1S/C30H35NO4/c1-22-28(32)17-26-29(34-19-24-13-7-3-8-14-24)30(35-20-25-15-9-4-10-16-25)27(31(22)26)21-33-18-23-11-5-2-6-12-23/h2-16,22,26-30,32H,17-21H2,1H3/t22-,26-,27-,28-,29-,30-/m1/s1. The van der Waals surface area contributed by atoms with Gasteiger partial charge in [0.2, 0.25) is 0 Å². The summed E-state index contributed by atoms with van der Waals surface area (Å²) in [6.45, 7) is 4.20. The zero-order valence-electron chi connectivity index (χ0n) is 20.3. The molecule has 2 heterocycles. The van der Waals surface area contributed by atoms with E-state index >= 15 is 0 Å². The van der Waals surface area contributed by atoms with Crippen LogP contribution in [0.5, 0.6) is 0 Å². The minimum absolute atomic E-state index is 0.000322. The van der Waals surface area contributed by atoms with Gasteiger partial charge in [-0.3, -0.25) is 4.90 Å². The number of aliphatic hydroxyl groups excluding tert-OH is 1. The molecule has 0 amide bonds. The molecule has 5 heteroatoms. The summed E-state index contributed by atoms with van der Waals surface area (Å²) in [6.07, 6.45) is -0.00548. The molecule has 0 bridgehead atoms. The van der Waals surface area contributed by atoms with Crippen molar-refractivity contribution in [1.82, 2.24) is 4.90 Å². The molecule has 3 aromatic carbocycles. The van der Waals surface area contributed by atoms with Crippen molar-refractivity contribution in [3.63, 3.8) is 0 Å². The monoisotopic (exact) mass is 473 g/mol. The van der Waals surface area contributed by atoms with Crippen molar-refractivity contribution in [1.29, 1.82) is 0 Å². The zero-order valence-corrected chi connectivity index (χ0v) is 20.3. The van der Waals surface area contributed by atoms with Crippen molar-refractivity contribution in [2.45, 2.75) is 69.6 Å². The second-order valence-corrected chi connectivity index (χ2v) is 9.65. The molecule has 3 aromatic rings. The summed E-state index contributed by atoms with van der Waals surface area (Å²) in [6, 6.07) is 30.9. The molecule has 2 aliphatic heterocycles. The Bertz CT molecular complexity index is 1030. The van der Waals surface area contributed by atoms with E-state index in [1.54, 1.807) is 0 Å². The van der Waals surface area contributed by atoms with E-state index in [1.165, 1.54) is 0 Å². The molecule has 2 aliphatic rings. The molecule has 0 saturated carbocycles. The normalized spacial score (nSPS) is 28.3. The Morgan fingerprint density at radius 3 is 1.74 bits per heavy atom. The number of aliphatic hydroxyl groups is 1. The summed E-state index contributed by atoms with van der Waals surface area (Å²) in [7, 11) is 0. The van der Waals surface area contributed by atoms with Crippen LogP contribution in [0.15, 0.2) is 91.0 Å². The van der Waals surface area contributed by atoms with E-state index in [-0.39, 0.29) is 36.4 Å². The first-order valence-electron chi connectivity index (χ1n) is 12.6. The fourth-order valence-corrected chi connectivity index (χ4v) is 5.52. The lowest BCUT2D eigenvalue weighted by Crippen LogP contribution is -2.46. The van der Waals surface area contributed by atoms with E-state index in [1.807, 2.05) is 54.6 Å². The van der Waals surface area contributed by atoms with E-state index in [4.69, 9.17) is 14.2 Å².